The van der Waals surface area contributed by atoms with Gasteiger partial charge >= 0.3 is 0 Å². The number of nitrogens with one attached hydrogen (secondary N) is 1. The Hall–Kier alpha value is -0.830. The minimum atomic E-state index is -0.0534. The van der Waals surface area contributed by atoms with Crippen LogP contribution >= 0.6 is 0 Å². The Morgan fingerprint density at radius 3 is 2.38 bits per heavy atom. The van der Waals surface area contributed by atoms with Gasteiger partial charge in [-0.3, -0.25) is 4.79 Å². The van der Waals surface area contributed by atoms with Crippen molar-refractivity contribution in [3.8, 4) is 0 Å². The van der Waals surface area contributed by atoms with Gasteiger partial charge in [0.2, 0.25) is 5.91 Å². The van der Waals surface area contributed by atoms with Gasteiger partial charge in [-0.05, 0) is 27.7 Å². The molecule has 0 aromatic heterocycles. The average Bonchev–Trinajstić information content (AvgIpc) is 1.95. The number of quaternary nitrogens is 1. The number of carbonyl (C=O) groups is 1. The number of rotatable bonds is 4. The van der Waals surface area contributed by atoms with Gasteiger partial charge in [-0.15, -0.1) is 0 Å². The van der Waals surface area contributed by atoms with Gasteiger partial charge < -0.3 is 10.6 Å². The van der Waals surface area contributed by atoms with E-state index in [1.807, 2.05) is 0 Å². The standard InChI is InChI=1S/C10H20N2O/c1-8(2)9(13)11-6-7-12-10(3,4)5/h12H,1,6-7H2,2-5H3,(H,11,13)/p+1. The third kappa shape index (κ3) is 7.53. The van der Waals surface area contributed by atoms with Gasteiger partial charge in [0.25, 0.3) is 0 Å². The van der Waals surface area contributed by atoms with Gasteiger partial charge in [0, 0.05) is 5.57 Å². The molecule has 1 amide bonds. The van der Waals surface area contributed by atoms with Crippen LogP contribution in [0, 0.1) is 0 Å². The van der Waals surface area contributed by atoms with Crippen LogP contribution in [-0.2, 0) is 4.79 Å². The third-order valence-electron chi connectivity index (χ3n) is 1.57. The summed E-state index contributed by atoms with van der Waals surface area (Å²) in [6, 6.07) is 0. The van der Waals surface area contributed by atoms with Crippen LogP contribution in [0.15, 0.2) is 12.2 Å². The summed E-state index contributed by atoms with van der Waals surface area (Å²) in [5.41, 5.74) is 0.796. The minimum Gasteiger partial charge on any atom is -0.347 e. The average molecular weight is 185 g/mol. The molecule has 0 unspecified atom stereocenters. The number of amides is 1. The fraction of sp³-hybridized carbons (Fsp3) is 0.700. The molecule has 0 rings (SSSR count). The molecule has 0 atom stereocenters. The third-order valence-corrected chi connectivity index (χ3v) is 1.57. The predicted molar refractivity (Wildman–Crippen MR) is 54.4 cm³/mol. The SMILES string of the molecule is C=C(C)C(=O)NCC[NH2+]C(C)(C)C. The summed E-state index contributed by atoms with van der Waals surface area (Å²) < 4.78 is 0. The van der Waals surface area contributed by atoms with Gasteiger partial charge in [0.1, 0.15) is 0 Å². The van der Waals surface area contributed by atoms with Crippen molar-refractivity contribution in [1.82, 2.24) is 5.32 Å². The van der Waals surface area contributed by atoms with Crippen molar-refractivity contribution in [2.45, 2.75) is 33.2 Å². The monoisotopic (exact) mass is 185 g/mol. The van der Waals surface area contributed by atoms with Gasteiger partial charge in [-0.25, -0.2) is 0 Å². The van der Waals surface area contributed by atoms with Gasteiger partial charge in [0.05, 0.1) is 18.6 Å². The first-order valence-corrected chi connectivity index (χ1v) is 4.61. The summed E-state index contributed by atoms with van der Waals surface area (Å²) in [5.74, 6) is -0.0534. The molecule has 0 aliphatic carbocycles. The Morgan fingerprint density at radius 1 is 1.46 bits per heavy atom. The normalized spacial score (nSPS) is 11.1. The first-order valence-electron chi connectivity index (χ1n) is 4.61. The second-order valence-corrected chi connectivity index (χ2v) is 4.40. The Labute approximate surface area is 80.6 Å². The van der Waals surface area contributed by atoms with Crippen molar-refractivity contribution in [1.29, 1.82) is 0 Å². The van der Waals surface area contributed by atoms with Crippen molar-refractivity contribution in [3.05, 3.63) is 12.2 Å². The van der Waals surface area contributed by atoms with Crippen LogP contribution in [0.1, 0.15) is 27.7 Å². The molecular formula is C10H21N2O+. The van der Waals surface area contributed by atoms with Gasteiger partial charge in [0.15, 0.2) is 0 Å². The van der Waals surface area contributed by atoms with E-state index in [2.05, 4.69) is 38.0 Å². The lowest BCUT2D eigenvalue weighted by atomic mass is 10.1. The zero-order valence-corrected chi connectivity index (χ0v) is 9.11. The van der Waals surface area contributed by atoms with Crippen molar-refractivity contribution in [2.75, 3.05) is 13.1 Å². The van der Waals surface area contributed by atoms with E-state index in [0.717, 1.165) is 6.54 Å². The maximum absolute atomic E-state index is 11.0. The van der Waals surface area contributed by atoms with E-state index in [1.165, 1.54) is 0 Å². The largest absolute Gasteiger partial charge is 0.347 e. The molecule has 0 bridgehead atoms. The maximum atomic E-state index is 11.0. The Kier molecular flexibility index (Phi) is 4.70. The second kappa shape index (κ2) is 5.02. The zero-order valence-electron chi connectivity index (χ0n) is 9.11. The van der Waals surface area contributed by atoms with Crippen LogP contribution in [0.4, 0.5) is 0 Å². The highest BCUT2D eigenvalue weighted by Gasteiger charge is 2.11. The summed E-state index contributed by atoms with van der Waals surface area (Å²) in [6.45, 7) is 13.3. The van der Waals surface area contributed by atoms with Gasteiger partial charge in [-0.2, -0.15) is 0 Å². The number of hydrogen-bond acceptors (Lipinski definition) is 1. The van der Waals surface area contributed by atoms with E-state index in [0.29, 0.717) is 12.1 Å². The molecule has 13 heavy (non-hydrogen) atoms. The molecule has 76 valence electrons. The summed E-state index contributed by atoms with van der Waals surface area (Å²) in [7, 11) is 0. The molecule has 0 fully saturated rings. The molecule has 0 radical (unpaired) electrons. The topological polar surface area (TPSA) is 45.7 Å². The van der Waals surface area contributed by atoms with Crippen LogP contribution in [0.3, 0.4) is 0 Å². The Balaban J connectivity index is 3.47. The minimum absolute atomic E-state index is 0.0534. The molecule has 0 saturated carbocycles. The van der Waals surface area contributed by atoms with E-state index >= 15 is 0 Å². The molecule has 3 heteroatoms. The first kappa shape index (κ1) is 12.2. The molecule has 0 aromatic rings. The number of carbonyl (C=O) groups excluding carboxylic acids is 1. The Bertz CT molecular complexity index is 192. The lowest BCUT2D eigenvalue weighted by Crippen LogP contribution is -2.95. The van der Waals surface area contributed by atoms with E-state index in [1.54, 1.807) is 6.92 Å². The smallest absolute Gasteiger partial charge is 0.246 e. The van der Waals surface area contributed by atoms with Crippen LogP contribution in [-0.4, -0.2) is 24.5 Å². The van der Waals surface area contributed by atoms with Gasteiger partial charge in [-0.1, -0.05) is 6.58 Å². The highest BCUT2D eigenvalue weighted by molar-refractivity contribution is 5.91. The fourth-order valence-electron chi connectivity index (χ4n) is 0.842. The zero-order chi connectivity index (χ0) is 10.5. The van der Waals surface area contributed by atoms with Crippen molar-refractivity contribution >= 4 is 5.91 Å². The van der Waals surface area contributed by atoms with E-state index < -0.39 is 0 Å². The molecule has 3 nitrogen and oxygen atoms in total. The highest BCUT2D eigenvalue weighted by Crippen LogP contribution is 1.87. The van der Waals surface area contributed by atoms with Crippen molar-refractivity contribution < 1.29 is 10.1 Å². The van der Waals surface area contributed by atoms with Crippen molar-refractivity contribution in [2.24, 2.45) is 0 Å². The van der Waals surface area contributed by atoms with E-state index in [-0.39, 0.29) is 11.4 Å². The van der Waals surface area contributed by atoms with Crippen molar-refractivity contribution in [3.63, 3.8) is 0 Å². The van der Waals surface area contributed by atoms with Crippen LogP contribution in [0.2, 0.25) is 0 Å². The molecule has 0 aromatic carbocycles. The highest BCUT2D eigenvalue weighted by atomic mass is 16.1. The van der Waals surface area contributed by atoms with Crippen LogP contribution in [0.25, 0.3) is 0 Å². The summed E-state index contributed by atoms with van der Waals surface area (Å²) in [4.78, 5) is 11.0. The number of nitrogens with two attached hydrogens (primary N) is 1. The molecular weight excluding hydrogens is 164 g/mol. The molecule has 0 aliphatic rings. The molecule has 0 spiro atoms. The summed E-state index contributed by atoms with van der Waals surface area (Å²) in [5, 5.41) is 4.99. The lowest BCUT2D eigenvalue weighted by molar-refractivity contribution is -0.715. The molecule has 0 saturated heterocycles. The maximum Gasteiger partial charge on any atom is 0.246 e. The number of hydrogen-bond donors (Lipinski definition) is 2. The Morgan fingerprint density at radius 2 is 2.00 bits per heavy atom. The lowest BCUT2D eigenvalue weighted by Gasteiger charge is -2.16. The molecule has 0 aliphatic heterocycles. The van der Waals surface area contributed by atoms with Crippen LogP contribution in [0.5, 0.6) is 0 Å². The summed E-state index contributed by atoms with van der Waals surface area (Å²) >= 11 is 0. The molecule has 0 heterocycles. The first-order chi connectivity index (χ1) is 5.83. The fourth-order valence-corrected chi connectivity index (χ4v) is 0.842. The predicted octanol–water partition coefficient (Wildman–Crippen LogP) is 0.0406. The van der Waals surface area contributed by atoms with E-state index in [9.17, 15) is 4.79 Å². The second-order valence-electron chi connectivity index (χ2n) is 4.40. The van der Waals surface area contributed by atoms with E-state index in [4.69, 9.17) is 0 Å². The van der Waals surface area contributed by atoms with Crippen LogP contribution < -0.4 is 10.6 Å². The molecule has 3 N–H and O–H groups in total. The quantitative estimate of drug-likeness (QED) is 0.471. The summed E-state index contributed by atoms with van der Waals surface area (Å²) in [6.07, 6.45) is 0.